The zero-order valence-electron chi connectivity index (χ0n) is 12.1. The van der Waals surface area contributed by atoms with Gasteiger partial charge in [-0.1, -0.05) is 0 Å². The Morgan fingerprint density at radius 2 is 2.10 bits per heavy atom. The van der Waals surface area contributed by atoms with E-state index in [4.69, 9.17) is 14.6 Å². The third-order valence-electron chi connectivity index (χ3n) is 2.59. The lowest BCUT2D eigenvalue weighted by molar-refractivity contribution is -0.137. The number of hydrogen-bond donors (Lipinski definition) is 2. The first-order chi connectivity index (χ1) is 10.1. The summed E-state index contributed by atoms with van der Waals surface area (Å²) in [6.45, 7) is 1.12. The molecule has 0 saturated carbocycles. The summed E-state index contributed by atoms with van der Waals surface area (Å²) in [5.41, 5.74) is 0.490. The quantitative estimate of drug-likeness (QED) is 0.669. The predicted octanol–water partition coefficient (Wildman–Crippen LogP) is 0.0944. The van der Waals surface area contributed by atoms with Crippen molar-refractivity contribution < 1.29 is 24.2 Å². The Kier molecular flexibility index (Phi) is 7.19. The van der Waals surface area contributed by atoms with Gasteiger partial charge in [0.05, 0.1) is 31.6 Å². The number of carboxylic acid groups (broad SMARTS) is 1. The van der Waals surface area contributed by atoms with Crippen LogP contribution < -0.4 is 5.32 Å². The summed E-state index contributed by atoms with van der Waals surface area (Å²) in [5.74, 6) is -1.09. The number of ether oxygens (including phenoxy) is 2. The molecule has 1 heterocycles. The van der Waals surface area contributed by atoms with Gasteiger partial charge in [-0.2, -0.15) is 5.10 Å². The molecule has 2 N–H and O–H groups in total. The largest absolute Gasteiger partial charge is 0.480 e. The number of amides is 2. The molecule has 0 saturated heterocycles. The second-order valence-corrected chi connectivity index (χ2v) is 4.22. The van der Waals surface area contributed by atoms with E-state index < -0.39 is 18.5 Å². The van der Waals surface area contributed by atoms with Crippen LogP contribution in [0.25, 0.3) is 0 Å². The van der Waals surface area contributed by atoms with Crippen LogP contribution in [0.3, 0.4) is 0 Å². The topological polar surface area (TPSA) is 106 Å². The number of carboxylic acids is 1. The molecule has 0 spiro atoms. The summed E-state index contributed by atoms with van der Waals surface area (Å²) in [6.07, 6.45) is 3.13. The third-order valence-corrected chi connectivity index (χ3v) is 2.59. The molecule has 1 rings (SSSR count). The Bertz CT molecular complexity index is 462. The number of nitrogens with one attached hydrogen (secondary N) is 1. The van der Waals surface area contributed by atoms with Gasteiger partial charge in [0.25, 0.3) is 0 Å². The molecule has 9 nitrogen and oxygen atoms in total. The number of urea groups is 1. The molecular weight excluding hydrogens is 280 g/mol. The van der Waals surface area contributed by atoms with Crippen molar-refractivity contribution in [1.82, 2.24) is 14.7 Å². The van der Waals surface area contributed by atoms with Gasteiger partial charge in [0.2, 0.25) is 0 Å². The number of carbonyl (C=O) groups excluding carboxylic acids is 1. The van der Waals surface area contributed by atoms with Crippen molar-refractivity contribution in [2.45, 2.75) is 6.54 Å². The van der Waals surface area contributed by atoms with E-state index in [1.165, 1.54) is 13.3 Å². The van der Waals surface area contributed by atoms with Crippen molar-refractivity contribution in [3.63, 3.8) is 0 Å². The lowest BCUT2D eigenvalue weighted by atomic mass is 10.5. The Morgan fingerprint density at radius 3 is 2.71 bits per heavy atom. The van der Waals surface area contributed by atoms with Crippen LogP contribution in [0.4, 0.5) is 10.5 Å². The molecule has 2 amide bonds. The highest BCUT2D eigenvalue weighted by Gasteiger charge is 2.17. The normalized spacial score (nSPS) is 10.4. The van der Waals surface area contributed by atoms with E-state index in [0.29, 0.717) is 18.8 Å². The number of carbonyl (C=O) groups is 2. The van der Waals surface area contributed by atoms with Crippen molar-refractivity contribution in [1.29, 1.82) is 0 Å². The molecular formula is C12H20N4O5. The minimum atomic E-state index is -1.09. The molecule has 0 aliphatic rings. The zero-order valence-corrected chi connectivity index (χ0v) is 12.1. The summed E-state index contributed by atoms with van der Waals surface area (Å²) in [4.78, 5) is 23.9. The van der Waals surface area contributed by atoms with Gasteiger partial charge in [-0.15, -0.1) is 0 Å². The van der Waals surface area contributed by atoms with E-state index in [0.717, 1.165) is 4.90 Å². The molecule has 1 aromatic rings. The molecule has 0 aliphatic carbocycles. The SMILES string of the molecule is COCCN(CC(=O)O)C(=O)Nc1cnn(CCOC)c1. The summed E-state index contributed by atoms with van der Waals surface area (Å²) in [7, 11) is 3.07. The molecule has 0 aliphatic heterocycles. The monoisotopic (exact) mass is 300 g/mol. The number of aromatic nitrogens is 2. The average Bonchev–Trinajstić information content (AvgIpc) is 2.88. The first-order valence-electron chi connectivity index (χ1n) is 6.35. The molecule has 21 heavy (non-hydrogen) atoms. The van der Waals surface area contributed by atoms with Crippen LogP contribution in [-0.2, 0) is 20.8 Å². The van der Waals surface area contributed by atoms with Gasteiger partial charge in [-0.3, -0.25) is 9.48 Å². The first-order valence-corrected chi connectivity index (χ1v) is 6.35. The van der Waals surface area contributed by atoms with E-state index in [1.807, 2.05) is 0 Å². The fraction of sp³-hybridized carbons (Fsp3) is 0.583. The van der Waals surface area contributed by atoms with Gasteiger partial charge < -0.3 is 24.8 Å². The maximum absolute atomic E-state index is 12.0. The number of hydrogen-bond acceptors (Lipinski definition) is 5. The van der Waals surface area contributed by atoms with Crippen LogP contribution >= 0.6 is 0 Å². The summed E-state index contributed by atoms with van der Waals surface area (Å²) < 4.78 is 11.4. The number of methoxy groups -OCH3 is 2. The van der Waals surface area contributed by atoms with E-state index >= 15 is 0 Å². The molecule has 0 bridgehead atoms. The summed E-state index contributed by atoms with van der Waals surface area (Å²) >= 11 is 0. The van der Waals surface area contributed by atoms with Crippen LogP contribution in [0.2, 0.25) is 0 Å². The maximum Gasteiger partial charge on any atom is 0.323 e. The van der Waals surface area contributed by atoms with E-state index in [-0.39, 0.29) is 13.2 Å². The first kappa shape index (κ1) is 16.9. The highest BCUT2D eigenvalue weighted by Crippen LogP contribution is 2.06. The van der Waals surface area contributed by atoms with Crippen LogP contribution in [0, 0.1) is 0 Å². The fourth-order valence-corrected chi connectivity index (χ4v) is 1.55. The molecule has 1 aromatic heterocycles. The lowest BCUT2D eigenvalue weighted by Gasteiger charge is -2.20. The zero-order chi connectivity index (χ0) is 15.7. The van der Waals surface area contributed by atoms with Crippen molar-refractivity contribution >= 4 is 17.7 Å². The van der Waals surface area contributed by atoms with Crippen molar-refractivity contribution in [2.24, 2.45) is 0 Å². The van der Waals surface area contributed by atoms with Gasteiger partial charge in [0.1, 0.15) is 6.54 Å². The van der Waals surface area contributed by atoms with Crippen LogP contribution in [-0.4, -0.2) is 72.3 Å². The number of aliphatic carboxylic acids is 1. The molecule has 0 unspecified atom stereocenters. The Hall–Kier alpha value is -2.13. The molecule has 118 valence electrons. The fourth-order valence-electron chi connectivity index (χ4n) is 1.55. The molecule has 0 aromatic carbocycles. The Morgan fingerprint density at radius 1 is 1.38 bits per heavy atom. The number of nitrogens with zero attached hydrogens (tertiary/aromatic N) is 3. The summed E-state index contributed by atoms with van der Waals surface area (Å²) in [6, 6.07) is -0.513. The van der Waals surface area contributed by atoms with E-state index in [1.54, 1.807) is 18.0 Å². The Balaban J connectivity index is 2.58. The Labute approximate surface area is 122 Å². The highest BCUT2D eigenvalue weighted by atomic mass is 16.5. The minimum Gasteiger partial charge on any atom is -0.480 e. The highest BCUT2D eigenvalue weighted by molar-refractivity contribution is 5.91. The number of anilines is 1. The van der Waals surface area contributed by atoms with Crippen LogP contribution in [0.5, 0.6) is 0 Å². The molecule has 0 fully saturated rings. The molecule has 0 atom stereocenters. The lowest BCUT2D eigenvalue weighted by Crippen LogP contribution is -2.40. The predicted molar refractivity (Wildman–Crippen MR) is 74.2 cm³/mol. The third kappa shape index (κ3) is 6.23. The van der Waals surface area contributed by atoms with Gasteiger partial charge in [-0.25, -0.2) is 4.79 Å². The number of rotatable bonds is 9. The minimum absolute atomic E-state index is 0.187. The van der Waals surface area contributed by atoms with Gasteiger partial charge >= 0.3 is 12.0 Å². The summed E-state index contributed by atoms with van der Waals surface area (Å²) in [5, 5.41) is 15.5. The standard InChI is InChI=1S/C12H20N4O5/c1-20-5-3-15(9-11(17)18)12(19)14-10-7-13-16(8-10)4-6-21-2/h7-8H,3-6,9H2,1-2H3,(H,14,19)(H,17,18). The average molecular weight is 300 g/mol. The van der Waals surface area contributed by atoms with Gasteiger partial charge in [0.15, 0.2) is 0 Å². The molecule has 0 radical (unpaired) electrons. The van der Waals surface area contributed by atoms with Crippen molar-refractivity contribution in [3.8, 4) is 0 Å². The van der Waals surface area contributed by atoms with E-state index in [2.05, 4.69) is 10.4 Å². The van der Waals surface area contributed by atoms with Gasteiger partial charge in [0, 0.05) is 27.0 Å². The maximum atomic E-state index is 12.0. The van der Waals surface area contributed by atoms with Crippen LogP contribution in [0.1, 0.15) is 0 Å². The molecule has 9 heteroatoms. The van der Waals surface area contributed by atoms with Crippen molar-refractivity contribution in [2.75, 3.05) is 45.8 Å². The van der Waals surface area contributed by atoms with Gasteiger partial charge in [-0.05, 0) is 0 Å². The van der Waals surface area contributed by atoms with Crippen LogP contribution in [0.15, 0.2) is 12.4 Å². The van der Waals surface area contributed by atoms with Crippen molar-refractivity contribution in [3.05, 3.63) is 12.4 Å². The second-order valence-electron chi connectivity index (χ2n) is 4.22. The second kappa shape index (κ2) is 8.93. The van der Waals surface area contributed by atoms with E-state index in [9.17, 15) is 9.59 Å². The smallest absolute Gasteiger partial charge is 0.323 e.